The molecule has 0 aromatic carbocycles. The molecule has 3 atom stereocenters. The first-order valence-corrected chi connectivity index (χ1v) is 16.4. The summed E-state index contributed by atoms with van der Waals surface area (Å²) < 4.78 is 13.4. The van der Waals surface area contributed by atoms with E-state index >= 15 is 0 Å². The van der Waals surface area contributed by atoms with E-state index in [1.165, 1.54) is 0 Å². The largest absolute Gasteiger partial charge is 0.415 e. The lowest BCUT2D eigenvalue weighted by Gasteiger charge is -2.42. The van der Waals surface area contributed by atoms with E-state index in [9.17, 15) is 4.79 Å². The molecule has 0 N–H and O–H groups in total. The lowest BCUT2D eigenvalue weighted by Crippen LogP contribution is -2.52. The second-order valence-corrected chi connectivity index (χ2v) is 20.8. The molecule has 6 heteroatoms. The molecule has 0 aromatic heterocycles. The highest BCUT2D eigenvalue weighted by Crippen LogP contribution is 2.42. The maximum atomic E-state index is 12.5. The van der Waals surface area contributed by atoms with Gasteiger partial charge in [0.15, 0.2) is 16.6 Å². The second-order valence-electron chi connectivity index (χ2n) is 11.3. The minimum atomic E-state index is -1.91. The van der Waals surface area contributed by atoms with Crippen LogP contribution in [0.3, 0.4) is 0 Å². The van der Waals surface area contributed by atoms with Crippen molar-refractivity contribution in [2.45, 2.75) is 123 Å². The molecule has 1 aliphatic rings. The lowest BCUT2D eigenvalue weighted by molar-refractivity contribution is -0.133. The Morgan fingerprint density at radius 3 is 1.85 bits per heavy atom. The summed E-state index contributed by atoms with van der Waals surface area (Å²) in [6.07, 6.45) is 1.96. The molecule has 0 aromatic rings. The summed E-state index contributed by atoms with van der Waals surface area (Å²) >= 11 is 0. The SMILES string of the molecule is CCC1CC(O[Si](C)(C)C(C)(C)C)C(CO[Si](C)(C)C(C)(C)C)N1C(C)=O. The molecule has 160 valence electrons. The zero-order valence-electron chi connectivity index (χ0n) is 20.0. The van der Waals surface area contributed by atoms with Crippen molar-refractivity contribution in [1.82, 2.24) is 4.90 Å². The van der Waals surface area contributed by atoms with Crippen LogP contribution in [-0.4, -0.2) is 52.2 Å². The molecule has 0 aliphatic carbocycles. The second kappa shape index (κ2) is 8.29. The minimum Gasteiger partial charge on any atom is -0.415 e. The molecule has 1 aliphatic heterocycles. The third-order valence-electron chi connectivity index (χ3n) is 7.19. The van der Waals surface area contributed by atoms with Crippen molar-refractivity contribution in [3.63, 3.8) is 0 Å². The number of carbonyl (C=O) groups excluding carboxylic acids is 1. The van der Waals surface area contributed by atoms with Gasteiger partial charge < -0.3 is 13.8 Å². The fraction of sp³-hybridized carbons (Fsp3) is 0.952. The van der Waals surface area contributed by atoms with Crippen molar-refractivity contribution in [3.05, 3.63) is 0 Å². The van der Waals surface area contributed by atoms with E-state index in [0.29, 0.717) is 6.61 Å². The number of hydrogen-bond acceptors (Lipinski definition) is 3. The zero-order valence-corrected chi connectivity index (χ0v) is 22.0. The fourth-order valence-electron chi connectivity index (χ4n) is 3.22. The van der Waals surface area contributed by atoms with Crippen molar-refractivity contribution < 1.29 is 13.6 Å². The average molecular weight is 416 g/mol. The van der Waals surface area contributed by atoms with Gasteiger partial charge in [0.25, 0.3) is 0 Å². The number of likely N-dealkylation sites (tertiary alicyclic amines) is 1. The smallest absolute Gasteiger partial charge is 0.220 e. The number of rotatable bonds is 6. The van der Waals surface area contributed by atoms with Crippen LogP contribution < -0.4 is 0 Å². The van der Waals surface area contributed by atoms with Crippen LogP contribution in [0.1, 0.15) is 68.2 Å². The summed E-state index contributed by atoms with van der Waals surface area (Å²) in [5, 5.41) is 0.315. The van der Waals surface area contributed by atoms with Gasteiger partial charge in [-0.15, -0.1) is 0 Å². The third-order valence-corrected chi connectivity index (χ3v) is 16.2. The Bertz CT molecular complexity index is 521. The van der Waals surface area contributed by atoms with Gasteiger partial charge >= 0.3 is 0 Å². The summed E-state index contributed by atoms with van der Waals surface area (Å²) in [5.41, 5.74) is 0. The Kier molecular flexibility index (Phi) is 7.63. The van der Waals surface area contributed by atoms with Crippen LogP contribution in [0.4, 0.5) is 0 Å². The van der Waals surface area contributed by atoms with E-state index in [2.05, 4.69) is 79.6 Å². The van der Waals surface area contributed by atoms with Crippen LogP contribution in [0.2, 0.25) is 36.3 Å². The Labute approximate surface area is 170 Å². The highest BCUT2D eigenvalue weighted by molar-refractivity contribution is 6.74. The molecule has 0 spiro atoms. The van der Waals surface area contributed by atoms with E-state index in [-0.39, 0.29) is 34.2 Å². The van der Waals surface area contributed by atoms with Crippen molar-refractivity contribution >= 4 is 22.5 Å². The van der Waals surface area contributed by atoms with Crippen molar-refractivity contribution in [3.8, 4) is 0 Å². The normalized spacial score (nSPS) is 25.2. The summed E-state index contributed by atoms with van der Waals surface area (Å²) in [5.74, 6) is 0.145. The molecule has 3 unspecified atom stereocenters. The maximum Gasteiger partial charge on any atom is 0.220 e. The van der Waals surface area contributed by atoms with Crippen LogP contribution in [-0.2, 0) is 13.6 Å². The summed E-state index contributed by atoms with van der Waals surface area (Å²) in [6, 6.07) is 0.279. The standard InChI is InChI=1S/C21H45NO3Si2/c1-13-17-14-19(25-27(11,12)21(6,7)8)18(22(17)16(2)23)15-24-26(9,10)20(3,4)5/h17-19H,13-15H2,1-12H3. The fourth-order valence-corrected chi connectivity index (χ4v) is 5.61. The van der Waals surface area contributed by atoms with Gasteiger partial charge in [0.05, 0.1) is 18.8 Å². The van der Waals surface area contributed by atoms with E-state index in [4.69, 9.17) is 8.85 Å². The maximum absolute atomic E-state index is 12.5. The van der Waals surface area contributed by atoms with E-state index in [0.717, 1.165) is 12.8 Å². The highest BCUT2D eigenvalue weighted by atomic mass is 28.4. The van der Waals surface area contributed by atoms with Crippen molar-refractivity contribution in [2.24, 2.45) is 0 Å². The minimum absolute atomic E-state index is 0.0238. The molecule has 1 saturated heterocycles. The molecule has 1 amide bonds. The van der Waals surface area contributed by atoms with Gasteiger partial charge in [0.2, 0.25) is 5.91 Å². The van der Waals surface area contributed by atoms with Crippen LogP contribution >= 0.6 is 0 Å². The first-order valence-electron chi connectivity index (χ1n) is 10.6. The summed E-state index contributed by atoms with van der Waals surface area (Å²) in [4.78, 5) is 14.6. The van der Waals surface area contributed by atoms with Gasteiger partial charge in [-0.05, 0) is 49.1 Å². The molecular weight excluding hydrogens is 370 g/mol. The van der Waals surface area contributed by atoms with Gasteiger partial charge in [-0.3, -0.25) is 4.79 Å². The van der Waals surface area contributed by atoms with E-state index < -0.39 is 16.6 Å². The third kappa shape index (κ3) is 5.67. The molecule has 27 heavy (non-hydrogen) atoms. The molecule has 0 bridgehead atoms. The van der Waals surface area contributed by atoms with E-state index in [1.807, 2.05) is 0 Å². The molecule has 0 saturated carbocycles. The zero-order chi connectivity index (χ0) is 21.4. The Hall–Kier alpha value is -0.176. The van der Waals surface area contributed by atoms with Gasteiger partial charge in [0.1, 0.15) is 0 Å². The van der Waals surface area contributed by atoms with Gasteiger partial charge in [0, 0.05) is 13.0 Å². The average Bonchev–Trinajstić information content (AvgIpc) is 2.79. The first kappa shape index (κ1) is 24.9. The van der Waals surface area contributed by atoms with E-state index in [1.54, 1.807) is 6.92 Å². The van der Waals surface area contributed by atoms with Crippen LogP contribution in [0.25, 0.3) is 0 Å². The van der Waals surface area contributed by atoms with Gasteiger partial charge in [-0.25, -0.2) is 0 Å². The molecule has 0 radical (unpaired) electrons. The lowest BCUT2D eigenvalue weighted by atomic mass is 10.1. The molecule has 1 fully saturated rings. The number of nitrogens with zero attached hydrogens (tertiary/aromatic N) is 1. The van der Waals surface area contributed by atoms with Gasteiger partial charge in [-0.2, -0.15) is 0 Å². The topological polar surface area (TPSA) is 38.8 Å². The highest BCUT2D eigenvalue weighted by Gasteiger charge is 2.48. The summed E-state index contributed by atoms with van der Waals surface area (Å²) in [6.45, 7) is 27.2. The molecule has 4 nitrogen and oxygen atoms in total. The predicted octanol–water partition coefficient (Wildman–Crippen LogP) is 5.80. The first-order chi connectivity index (χ1) is 11.9. The van der Waals surface area contributed by atoms with Crippen LogP contribution in [0, 0.1) is 0 Å². The number of amides is 1. The molecule has 1 rings (SSSR count). The molecule has 1 heterocycles. The Morgan fingerprint density at radius 2 is 1.48 bits per heavy atom. The van der Waals surface area contributed by atoms with Crippen LogP contribution in [0.5, 0.6) is 0 Å². The van der Waals surface area contributed by atoms with Crippen molar-refractivity contribution in [1.29, 1.82) is 0 Å². The van der Waals surface area contributed by atoms with Gasteiger partial charge in [-0.1, -0.05) is 48.5 Å². The molecular formula is C21H45NO3Si2. The quantitative estimate of drug-likeness (QED) is 0.515. The van der Waals surface area contributed by atoms with Crippen molar-refractivity contribution in [2.75, 3.05) is 6.61 Å². The summed E-state index contributed by atoms with van der Waals surface area (Å²) in [7, 11) is -3.79. The monoisotopic (exact) mass is 415 g/mol. The predicted molar refractivity (Wildman–Crippen MR) is 120 cm³/mol. The number of carbonyl (C=O) groups is 1. The Balaban J connectivity index is 3.11. The number of hydrogen-bond donors (Lipinski definition) is 0. The Morgan fingerprint density at radius 1 is 1.00 bits per heavy atom. The van der Waals surface area contributed by atoms with Crippen LogP contribution in [0.15, 0.2) is 0 Å².